The lowest BCUT2D eigenvalue weighted by Gasteiger charge is -2.18. The maximum atomic E-state index is 12.2. The highest BCUT2D eigenvalue weighted by molar-refractivity contribution is 6.34. The molecule has 1 aromatic carbocycles. The molecule has 1 aromatic rings. The number of nitrogens with zero attached hydrogens (tertiary/aromatic N) is 1. The second kappa shape index (κ2) is 7.46. The number of esters is 1. The Kier molecular flexibility index (Phi) is 5.60. The number of halogens is 1. The highest BCUT2D eigenvalue weighted by atomic mass is 35.5. The van der Waals surface area contributed by atoms with Crippen LogP contribution in [0.1, 0.15) is 37.0 Å². The van der Waals surface area contributed by atoms with Gasteiger partial charge in [-0.3, -0.25) is 9.59 Å². The summed E-state index contributed by atoms with van der Waals surface area (Å²) in [5.41, 5.74) is 0.745. The van der Waals surface area contributed by atoms with Crippen molar-refractivity contribution < 1.29 is 19.1 Å². The fraction of sp³-hybridized carbons (Fsp3) is 0.438. The number of carbonyl (C=O) groups is 3. The Morgan fingerprint density at radius 2 is 2.17 bits per heavy atom. The van der Waals surface area contributed by atoms with Crippen molar-refractivity contribution in [3.63, 3.8) is 0 Å². The molecule has 0 aromatic heterocycles. The molecule has 1 fully saturated rings. The SMILES string of the molecule is CCNC(=O)[C@H](C)OC(=O)c1ccc(Cl)c(N2CCCC2=O)c1. The Morgan fingerprint density at radius 3 is 2.78 bits per heavy atom. The van der Waals surface area contributed by atoms with Gasteiger partial charge in [-0.05, 0) is 38.5 Å². The zero-order chi connectivity index (χ0) is 17.0. The number of anilines is 1. The fourth-order valence-corrected chi connectivity index (χ4v) is 2.57. The van der Waals surface area contributed by atoms with Crippen LogP contribution >= 0.6 is 11.6 Å². The van der Waals surface area contributed by atoms with Crippen molar-refractivity contribution in [2.24, 2.45) is 0 Å². The molecule has 2 amide bonds. The van der Waals surface area contributed by atoms with Crippen LogP contribution in [0.25, 0.3) is 0 Å². The quantitative estimate of drug-likeness (QED) is 0.835. The molecule has 1 atom stereocenters. The summed E-state index contributed by atoms with van der Waals surface area (Å²) >= 11 is 6.13. The maximum Gasteiger partial charge on any atom is 0.338 e. The van der Waals surface area contributed by atoms with Crippen LogP contribution < -0.4 is 10.2 Å². The molecule has 0 radical (unpaired) electrons. The summed E-state index contributed by atoms with van der Waals surface area (Å²) in [5, 5.41) is 2.98. The Bertz CT molecular complexity index is 633. The molecule has 1 saturated heterocycles. The highest BCUT2D eigenvalue weighted by Gasteiger charge is 2.25. The summed E-state index contributed by atoms with van der Waals surface area (Å²) in [6, 6.07) is 4.59. The molecule has 0 saturated carbocycles. The van der Waals surface area contributed by atoms with E-state index in [0.717, 1.165) is 6.42 Å². The molecule has 0 bridgehead atoms. The lowest BCUT2D eigenvalue weighted by Crippen LogP contribution is -2.35. The number of carbonyl (C=O) groups excluding carboxylic acids is 3. The van der Waals surface area contributed by atoms with E-state index >= 15 is 0 Å². The van der Waals surface area contributed by atoms with Crippen LogP contribution in [0.3, 0.4) is 0 Å². The van der Waals surface area contributed by atoms with E-state index in [2.05, 4.69) is 5.32 Å². The zero-order valence-electron chi connectivity index (χ0n) is 13.1. The molecule has 23 heavy (non-hydrogen) atoms. The van der Waals surface area contributed by atoms with E-state index in [1.54, 1.807) is 17.9 Å². The Morgan fingerprint density at radius 1 is 1.43 bits per heavy atom. The van der Waals surface area contributed by atoms with Gasteiger partial charge in [0.25, 0.3) is 5.91 Å². The van der Waals surface area contributed by atoms with Gasteiger partial charge in [-0.15, -0.1) is 0 Å². The van der Waals surface area contributed by atoms with Crippen molar-refractivity contribution in [3.05, 3.63) is 28.8 Å². The lowest BCUT2D eigenvalue weighted by molar-refractivity contribution is -0.129. The van der Waals surface area contributed by atoms with Crippen molar-refractivity contribution in [1.82, 2.24) is 5.32 Å². The maximum absolute atomic E-state index is 12.2. The normalized spacial score (nSPS) is 15.4. The van der Waals surface area contributed by atoms with Crippen molar-refractivity contribution in [1.29, 1.82) is 0 Å². The largest absolute Gasteiger partial charge is 0.449 e. The van der Waals surface area contributed by atoms with Crippen LogP contribution in [0, 0.1) is 0 Å². The average Bonchev–Trinajstić information content (AvgIpc) is 2.93. The zero-order valence-corrected chi connectivity index (χ0v) is 13.9. The number of nitrogens with one attached hydrogen (secondary N) is 1. The van der Waals surface area contributed by atoms with Crippen molar-refractivity contribution in [2.45, 2.75) is 32.8 Å². The van der Waals surface area contributed by atoms with E-state index in [1.165, 1.54) is 19.1 Å². The van der Waals surface area contributed by atoms with Gasteiger partial charge in [0.15, 0.2) is 6.10 Å². The lowest BCUT2D eigenvalue weighted by atomic mass is 10.2. The molecule has 1 heterocycles. The van der Waals surface area contributed by atoms with Crippen molar-refractivity contribution >= 4 is 35.1 Å². The van der Waals surface area contributed by atoms with Gasteiger partial charge in [-0.2, -0.15) is 0 Å². The number of hydrogen-bond donors (Lipinski definition) is 1. The fourth-order valence-electron chi connectivity index (χ4n) is 2.35. The summed E-state index contributed by atoms with van der Waals surface area (Å²) < 4.78 is 5.14. The summed E-state index contributed by atoms with van der Waals surface area (Å²) in [5.74, 6) is -1.01. The smallest absolute Gasteiger partial charge is 0.338 e. The first-order valence-corrected chi connectivity index (χ1v) is 7.90. The average molecular weight is 339 g/mol. The molecular weight excluding hydrogens is 320 g/mol. The first-order chi connectivity index (χ1) is 10.9. The molecule has 2 rings (SSSR count). The Hall–Kier alpha value is -2.08. The van der Waals surface area contributed by atoms with Gasteiger partial charge in [0.1, 0.15) is 0 Å². The third kappa shape index (κ3) is 4.01. The number of ether oxygens (including phenoxy) is 1. The van der Waals surface area contributed by atoms with Crippen LogP contribution in [0.15, 0.2) is 18.2 Å². The van der Waals surface area contributed by atoms with Crippen molar-refractivity contribution in [3.8, 4) is 0 Å². The van der Waals surface area contributed by atoms with Crippen LogP contribution in [-0.2, 0) is 14.3 Å². The summed E-state index contributed by atoms with van der Waals surface area (Å²) in [7, 11) is 0. The first-order valence-electron chi connectivity index (χ1n) is 7.52. The van der Waals surface area contributed by atoms with Gasteiger partial charge in [0.05, 0.1) is 16.3 Å². The van der Waals surface area contributed by atoms with Crippen LogP contribution in [0.5, 0.6) is 0 Å². The molecule has 0 aliphatic carbocycles. The van der Waals surface area contributed by atoms with Crippen LogP contribution in [0.4, 0.5) is 5.69 Å². The van der Waals surface area contributed by atoms with Gasteiger partial charge < -0.3 is 15.0 Å². The first kappa shape index (κ1) is 17.3. The Labute approximate surface area is 139 Å². The molecule has 1 N–H and O–H groups in total. The van der Waals surface area contributed by atoms with E-state index in [4.69, 9.17) is 16.3 Å². The van der Waals surface area contributed by atoms with Gasteiger partial charge >= 0.3 is 5.97 Å². The molecule has 0 spiro atoms. The predicted molar refractivity (Wildman–Crippen MR) is 86.6 cm³/mol. The minimum Gasteiger partial charge on any atom is -0.449 e. The third-order valence-corrected chi connectivity index (χ3v) is 3.87. The molecule has 1 aliphatic rings. The third-order valence-electron chi connectivity index (χ3n) is 3.55. The number of rotatable bonds is 5. The number of benzene rings is 1. The van der Waals surface area contributed by atoms with Crippen LogP contribution in [-0.4, -0.2) is 37.0 Å². The summed E-state index contributed by atoms with van der Waals surface area (Å²) in [6.45, 7) is 4.32. The molecule has 0 unspecified atom stereocenters. The van der Waals surface area contributed by atoms with E-state index in [0.29, 0.717) is 30.2 Å². The second-order valence-electron chi connectivity index (χ2n) is 5.26. The standard InChI is InChI=1S/C16H19ClN2O4/c1-3-18-15(21)10(2)23-16(22)11-6-7-12(17)13(9-11)19-8-4-5-14(19)20/h6-7,9-10H,3-5,8H2,1-2H3,(H,18,21)/t10-/m0/s1. The van der Waals surface area contributed by atoms with E-state index < -0.39 is 12.1 Å². The second-order valence-corrected chi connectivity index (χ2v) is 5.66. The predicted octanol–water partition coefficient (Wildman–Crippen LogP) is 2.15. The van der Waals surface area contributed by atoms with Crippen LogP contribution in [0.2, 0.25) is 5.02 Å². The van der Waals surface area contributed by atoms with E-state index in [-0.39, 0.29) is 17.4 Å². The summed E-state index contributed by atoms with van der Waals surface area (Å²) in [6.07, 6.45) is 0.340. The molecule has 124 valence electrons. The van der Waals surface area contributed by atoms with E-state index in [1.807, 2.05) is 0 Å². The monoisotopic (exact) mass is 338 g/mol. The number of likely N-dealkylation sites (N-methyl/N-ethyl adjacent to an activating group) is 1. The molecule has 7 heteroatoms. The molecule has 6 nitrogen and oxygen atoms in total. The van der Waals surface area contributed by atoms with Gasteiger partial charge in [-0.1, -0.05) is 11.6 Å². The van der Waals surface area contributed by atoms with Gasteiger partial charge in [-0.25, -0.2) is 4.79 Å². The Balaban J connectivity index is 2.15. The van der Waals surface area contributed by atoms with Gasteiger partial charge in [0, 0.05) is 19.5 Å². The van der Waals surface area contributed by atoms with Gasteiger partial charge in [0.2, 0.25) is 5.91 Å². The number of hydrogen-bond acceptors (Lipinski definition) is 4. The number of amides is 2. The van der Waals surface area contributed by atoms with E-state index in [9.17, 15) is 14.4 Å². The molecule has 1 aliphatic heterocycles. The molecular formula is C16H19ClN2O4. The summed E-state index contributed by atoms with van der Waals surface area (Å²) in [4.78, 5) is 37.2. The minimum absolute atomic E-state index is 0.0203. The topological polar surface area (TPSA) is 75.7 Å². The highest BCUT2D eigenvalue weighted by Crippen LogP contribution is 2.30. The van der Waals surface area contributed by atoms with Crippen molar-refractivity contribution in [2.75, 3.05) is 18.0 Å². The minimum atomic E-state index is -0.894.